The SMILES string of the molecule is COc1ccc(N(C2CCN([C@@H]3CCCC[C@@H]3c3ccccc3)CC2)S(=O)(=O)c2ccc(Cl)cc2)cc1. The van der Waals surface area contributed by atoms with E-state index in [4.69, 9.17) is 16.3 Å². The number of nitrogens with zero attached hydrogens (tertiary/aromatic N) is 2. The Morgan fingerprint density at radius 3 is 2.14 bits per heavy atom. The minimum Gasteiger partial charge on any atom is -0.497 e. The Bertz CT molecular complexity index is 1260. The molecule has 5 nitrogen and oxygen atoms in total. The predicted molar refractivity (Wildman–Crippen MR) is 150 cm³/mol. The minimum atomic E-state index is -3.77. The Labute approximate surface area is 226 Å². The number of hydrogen-bond acceptors (Lipinski definition) is 4. The minimum absolute atomic E-state index is 0.121. The average molecular weight is 539 g/mol. The fourth-order valence-corrected chi connectivity index (χ4v) is 7.92. The number of ether oxygens (including phenoxy) is 1. The van der Waals surface area contributed by atoms with Crippen molar-refractivity contribution >= 4 is 27.3 Å². The van der Waals surface area contributed by atoms with Crippen molar-refractivity contribution in [3.63, 3.8) is 0 Å². The molecule has 1 aliphatic carbocycles. The molecule has 3 aromatic rings. The topological polar surface area (TPSA) is 49.9 Å². The standard InChI is InChI=1S/C30H35ClN2O3S/c1-36-27-15-13-25(14-16-27)33(37(34,35)28-17-11-24(31)12-18-28)26-19-21-32(22-20-26)30-10-6-5-9-29(30)23-7-3-2-4-8-23/h2-4,7-8,11-18,26,29-30H,5-6,9-10,19-22H2,1H3/t29-,30-/m1/s1. The van der Waals surface area contributed by atoms with E-state index in [9.17, 15) is 8.42 Å². The summed E-state index contributed by atoms with van der Waals surface area (Å²) in [6, 6.07) is 25.1. The maximum atomic E-state index is 14.0. The van der Waals surface area contributed by atoms with Crippen LogP contribution in [0.4, 0.5) is 5.69 Å². The predicted octanol–water partition coefficient (Wildman–Crippen LogP) is 6.73. The number of methoxy groups -OCH3 is 1. The molecule has 2 fully saturated rings. The molecule has 0 aromatic heterocycles. The first-order valence-electron chi connectivity index (χ1n) is 13.2. The summed E-state index contributed by atoms with van der Waals surface area (Å²) in [7, 11) is -2.16. The third-order valence-electron chi connectivity index (χ3n) is 7.95. The zero-order chi connectivity index (χ0) is 25.8. The van der Waals surface area contributed by atoms with Gasteiger partial charge in [-0.25, -0.2) is 8.42 Å². The van der Waals surface area contributed by atoms with Crippen molar-refractivity contribution in [2.45, 2.75) is 61.4 Å². The molecule has 7 heteroatoms. The van der Waals surface area contributed by atoms with Crippen molar-refractivity contribution < 1.29 is 13.2 Å². The van der Waals surface area contributed by atoms with Crippen molar-refractivity contribution in [3.8, 4) is 5.75 Å². The van der Waals surface area contributed by atoms with Gasteiger partial charge < -0.3 is 4.74 Å². The van der Waals surface area contributed by atoms with Gasteiger partial charge in [0.05, 0.1) is 17.7 Å². The van der Waals surface area contributed by atoms with Gasteiger partial charge in [0, 0.05) is 30.2 Å². The van der Waals surface area contributed by atoms with Crippen molar-refractivity contribution in [3.05, 3.63) is 89.4 Å². The number of likely N-dealkylation sites (tertiary alicyclic amines) is 1. The van der Waals surface area contributed by atoms with Crippen LogP contribution < -0.4 is 9.04 Å². The van der Waals surface area contributed by atoms with Crippen molar-refractivity contribution in [2.75, 3.05) is 24.5 Å². The summed E-state index contributed by atoms with van der Waals surface area (Å²) < 4.78 is 34.9. The maximum absolute atomic E-state index is 14.0. The van der Waals surface area contributed by atoms with Crippen LogP contribution in [0.2, 0.25) is 5.02 Å². The zero-order valence-corrected chi connectivity index (χ0v) is 22.9. The molecule has 37 heavy (non-hydrogen) atoms. The lowest BCUT2D eigenvalue weighted by Gasteiger charge is -2.45. The molecule has 1 saturated carbocycles. The Kier molecular flexibility index (Phi) is 8.08. The van der Waals surface area contributed by atoms with Crippen molar-refractivity contribution in [2.24, 2.45) is 0 Å². The van der Waals surface area contributed by atoms with E-state index in [1.54, 1.807) is 35.7 Å². The van der Waals surface area contributed by atoms with E-state index in [1.165, 1.54) is 31.2 Å². The Morgan fingerprint density at radius 2 is 1.49 bits per heavy atom. The third kappa shape index (κ3) is 5.66. The molecule has 196 valence electrons. The second-order valence-corrected chi connectivity index (χ2v) is 12.3. The van der Waals surface area contributed by atoms with Gasteiger partial charge in [0.1, 0.15) is 5.75 Å². The number of rotatable bonds is 7. The maximum Gasteiger partial charge on any atom is 0.264 e. The number of piperidine rings is 1. The van der Waals surface area contributed by atoms with Crippen molar-refractivity contribution in [1.29, 1.82) is 0 Å². The van der Waals surface area contributed by atoms with Gasteiger partial charge in [-0.05, 0) is 85.7 Å². The third-order valence-corrected chi connectivity index (χ3v) is 10.1. The highest BCUT2D eigenvalue weighted by molar-refractivity contribution is 7.92. The van der Waals surface area contributed by atoms with E-state index in [2.05, 4.69) is 35.2 Å². The molecule has 1 saturated heterocycles. The zero-order valence-electron chi connectivity index (χ0n) is 21.3. The van der Waals surface area contributed by atoms with E-state index in [-0.39, 0.29) is 10.9 Å². The van der Waals surface area contributed by atoms with E-state index < -0.39 is 10.0 Å². The molecule has 1 aliphatic heterocycles. The lowest BCUT2D eigenvalue weighted by Crippen LogP contribution is -2.51. The average Bonchev–Trinajstić information content (AvgIpc) is 2.94. The van der Waals surface area contributed by atoms with E-state index in [0.29, 0.717) is 28.4 Å². The van der Waals surface area contributed by atoms with Crippen LogP contribution in [-0.4, -0.2) is 45.6 Å². The molecule has 5 rings (SSSR count). The highest BCUT2D eigenvalue weighted by Gasteiger charge is 2.38. The molecule has 0 spiro atoms. The van der Waals surface area contributed by atoms with Crippen LogP contribution in [0.15, 0.2) is 83.8 Å². The van der Waals surface area contributed by atoms with Gasteiger partial charge in [0.15, 0.2) is 0 Å². The fraction of sp³-hybridized carbons (Fsp3) is 0.400. The number of benzene rings is 3. The molecule has 3 aromatic carbocycles. The summed E-state index contributed by atoms with van der Waals surface area (Å²) in [6.45, 7) is 1.78. The lowest BCUT2D eigenvalue weighted by atomic mass is 9.78. The van der Waals surface area contributed by atoms with Crippen LogP contribution >= 0.6 is 11.6 Å². The first-order chi connectivity index (χ1) is 18.0. The summed E-state index contributed by atoms with van der Waals surface area (Å²) >= 11 is 6.06. The highest BCUT2D eigenvalue weighted by atomic mass is 35.5. The molecule has 0 N–H and O–H groups in total. The number of halogens is 1. The Morgan fingerprint density at radius 1 is 0.838 bits per heavy atom. The van der Waals surface area contributed by atoms with Gasteiger partial charge in [-0.15, -0.1) is 0 Å². The quantitative estimate of drug-likeness (QED) is 0.334. The summed E-state index contributed by atoms with van der Waals surface area (Å²) in [4.78, 5) is 2.88. The van der Waals surface area contributed by atoms with Crippen molar-refractivity contribution in [1.82, 2.24) is 4.90 Å². The molecule has 0 bridgehead atoms. The van der Waals surface area contributed by atoms with Gasteiger partial charge in [0.2, 0.25) is 0 Å². The van der Waals surface area contributed by atoms with Crippen LogP contribution in [0.1, 0.15) is 50.0 Å². The van der Waals surface area contributed by atoms with Crippen LogP contribution in [0.25, 0.3) is 0 Å². The van der Waals surface area contributed by atoms with Crippen LogP contribution in [-0.2, 0) is 10.0 Å². The van der Waals surface area contributed by atoms with E-state index >= 15 is 0 Å². The van der Waals surface area contributed by atoms with Gasteiger partial charge in [-0.1, -0.05) is 54.8 Å². The first-order valence-corrected chi connectivity index (χ1v) is 15.0. The van der Waals surface area contributed by atoms with E-state index in [1.807, 2.05) is 24.3 Å². The lowest BCUT2D eigenvalue weighted by molar-refractivity contribution is 0.107. The van der Waals surface area contributed by atoms with Gasteiger partial charge in [-0.3, -0.25) is 9.21 Å². The molecular formula is C30H35ClN2O3S. The fourth-order valence-electron chi connectivity index (χ4n) is 6.08. The van der Waals surface area contributed by atoms with Crippen LogP contribution in [0.5, 0.6) is 5.75 Å². The Hall–Kier alpha value is -2.54. The summed E-state index contributed by atoms with van der Waals surface area (Å²) in [5, 5.41) is 0.517. The summed E-state index contributed by atoms with van der Waals surface area (Å²) in [6.07, 6.45) is 6.54. The second kappa shape index (κ2) is 11.5. The molecule has 0 amide bonds. The molecule has 0 radical (unpaired) electrons. The number of sulfonamides is 1. The largest absolute Gasteiger partial charge is 0.497 e. The van der Waals surface area contributed by atoms with E-state index in [0.717, 1.165) is 25.9 Å². The molecule has 0 unspecified atom stereocenters. The summed E-state index contributed by atoms with van der Waals surface area (Å²) in [5.74, 6) is 1.24. The van der Waals surface area contributed by atoms with Crippen LogP contribution in [0.3, 0.4) is 0 Å². The molecule has 2 aliphatic rings. The Balaban J connectivity index is 1.39. The summed E-state index contributed by atoms with van der Waals surface area (Å²) in [5.41, 5.74) is 2.09. The smallest absolute Gasteiger partial charge is 0.264 e. The number of hydrogen-bond donors (Lipinski definition) is 0. The highest BCUT2D eigenvalue weighted by Crippen LogP contribution is 2.39. The van der Waals surface area contributed by atoms with Gasteiger partial charge in [-0.2, -0.15) is 0 Å². The monoisotopic (exact) mass is 538 g/mol. The molecular weight excluding hydrogens is 504 g/mol. The normalized spacial score (nSPS) is 21.5. The molecule has 1 heterocycles. The molecule has 2 atom stereocenters. The first kappa shape index (κ1) is 26.1. The number of anilines is 1. The second-order valence-electron chi connectivity index (χ2n) is 10.1. The van der Waals surface area contributed by atoms with Gasteiger partial charge in [0.25, 0.3) is 10.0 Å². The van der Waals surface area contributed by atoms with Crippen LogP contribution in [0, 0.1) is 0 Å². The van der Waals surface area contributed by atoms with Gasteiger partial charge >= 0.3 is 0 Å².